The Morgan fingerprint density at radius 3 is 2.44 bits per heavy atom. The van der Waals surface area contributed by atoms with E-state index in [1.54, 1.807) is 0 Å². The van der Waals surface area contributed by atoms with E-state index in [4.69, 9.17) is 5.11 Å². The first-order valence-electron chi connectivity index (χ1n) is 5.25. The molecule has 6 nitrogen and oxygen atoms in total. The Hall–Kier alpha value is -0.660. The summed E-state index contributed by atoms with van der Waals surface area (Å²) in [5, 5.41) is 8.68. The predicted octanol–water partition coefficient (Wildman–Crippen LogP) is -0.527. The molecule has 1 fully saturated rings. The largest absolute Gasteiger partial charge is 0.480 e. The highest BCUT2D eigenvalue weighted by Crippen LogP contribution is 2.25. The van der Waals surface area contributed by atoms with Crippen LogP contribution in [0.25, 0.3) is 0 Å². The average molecular weight is 250 g/mol. The zero-order chi connectivity index (χ0) is 12.3. The molecule has 0 heterocycles. The fourth-order valence-electron chi connectivity index (χ4n) is 1.96. The molecule has 7 heteroatoms. The maximum Gasteiger partial charge on any atom is 0.317 e. The molecule has 16 heavy (non-hydrogen) atoms. The molecule has 0 aromatic carbocycles. The van der Waals surface area contributed by atoms with Crippen LogP contribution in [0.1, 0.15) is 19.8 Å². The first kappa shape index (κ1) is 13.4. The van der Waals surface area contributed by atoms with E-state index in [-0.39, 0.29) is 18.6 Å². The quantitative estimate of drug-likeness (QED) is 0.662. The highest BCUT2D eigenvalue weighted by Gasteiger charge is 2.35. The second kappa shape index (κ2) is 5.11. The summed E-state index contributed by atoms with van der Waals surface area (Å²) in [4.78, 5) is 12.4. The zero-order valence-electron chi connectivity index (χ0n) is 9.51. The van der Waals surface area contributed by atoms with Crippen LogP contribution in [0.3, 0.4) is 0 Å². The molecular formula is C9H18N2O4S. The van der Waals surface area contributed by atoms with E-state index in [0.29, 0.717) is 19.4 Å². The Morgan fingerprint density at radius 2 is 2.06 bits per heavy atom. The van der Waals surface area contributed by atoms with Crippen molar-refractivity contribution in [2.45, 2.75) is 31.8 Å². The molecule has 1 rings (SSSR count). The molecule has 1 aliphatic rings. The lowest BCUT2D eigenvalue weighted by Crippen LogP contribution is -2.54. The number of likely N-dealkylation sites (N-methyl/N-ethyl adjacent to an activating group) is 1. The Labute approximate surface area is 95.7 Å². The zero-order valence-corrected chi connectivity index (χ0v) is 10.3. The molecule has 0 atom stereocenters. The summed E-state index contributed by atoms with van der Waals surface area (Å²) in [5.41, 5.74) is 0. The molecule has 0 bridgehead atoms. The van der Waals surface area contributed by atoms with Crippen molar-refractivity contribution in [2.24, 2.45) is 0 Å². The number of nitrogens with zero attached hydrogens (tertiary/aromatic N) is 1. The fourth-order valence-corrected chi connectivity index (χ4v) is 2.76. The average Bonchev–Trinajstić information content (AvgIpc) is 2.05. The van der Waals surface area contributed by atoms with Gasteiger partial charge in [0.1, 0.15) is 0 Å². The molecule has 0 radical (unpaired) electrons. The lowest BCUT2D eigenvalue weighted by atomic mass is 9.86. The molecule has 94 valence electrons. The molecule has 0 aromatic heterocycles. The van der Waals surface area contributed by atoms with Crippen LogP contribution < -0.4 is 4.72 Å². The maximum atomic E-state index is 10.9. The van der Waals surface area contributed by atoms with Gasteiger partial charge in [-0.05, 0) is 19.4 Å². The number of carboxylic acids is 1. The summed E-state index contributed by atoms with van der Waals surface area (Å²) in [6, 6.07) is 0.142. The van der Waals surface area contributed by atoms with Gasteiger partial charge in [-0.15, -0.1) is 0 Å². The van der Waals surface area contributed by atoms with Crippen molar-refractivity contribution in [1.82, 2.24) is 9.62 Å². The smallest absolute Gasteiger partial charge is 0.317 e. The SMILES string of the molecule is CCN(CC(=O)O)C1CC(NS(C)(=O)=O)C1. The van der Waals surface area contributed by atoms with Gasteiger partial charge in [0, 0.05) is 12.1 Å². The molecule has 0 aromatic rings. The minimum atomic E-state index is -3.15. The summed E-state index contributed by atoms with van der Waals surface area (Å²) in [5.74, 6) is -0.846. The number of aliphatic carboxylic acids is 1. The molecule has 0 amide bonds. The summed E-state index contributed by atoms with van der Waals surface area (Å²) in [6.45, 7) is 2.59. The minimum Gasteiger partial charge on any atom is -0.480 e. The number of rotatable bonds is 6. The van der Waals surface area contributed by atoms with Crippen molar-refractivity contribution in [3.8, 4) is 0 Å². The number of nitrogens with one attached hydrogen (secondary N) is 1. The van der Waals surface area contributed by atoms with Gasteiger partial charge in [-0.2, -0.15) is 0 Å². The fraction of sp³-hybridized carbons (Fsp3) is 0.889. The summed E-state index contributed by atoms with van der Waals surface area (Å²) < 4.78 is 24.4. The summed E-state index contributed by atoms with van der Waals surface area (Å²) >= 11 is 0. The second-order valence-electron chi connectivity index (χ2n) is 4.17. The summed E-state index contributed by atoms with van der Waals surface area (Å²) in [7, 11) is -3.15. The molecule has 1 saturated carbocycles. The van der Waals surface area contributed by atoms with Crippen molar-refractivity contribution < 1.29 is 18.3 Å². The van der Waals surface area contributed by atoms with Crippen molar-refractivity contribution >= 4 is 16.0 Å². The number of carboxylic acid groups (broad SMARTS) is 1. The Kier molecular flexibility index (Phi) is 4.28. The minimum absolute atomic E-state index is 0.0206. The monoisotopic (exact) mass is 250 g/mol. The van der Waals surface area contributed by atoms with Crippen molar-refractivity contribution in [2.75, 3.05) is 19.3 Å². The standard InChI is InChI=1S/C9H18N2O4S/c1-3-11(6-9(12)13)8-4-7(5-8)10-16(2,14)15/h7-8,10H,3-6H2,1-2H3,(H,12,13). The van der Waals surface area contributed by atoms with E-state index < -0.39 is 16.0 Å². The first-order chi connectivity index (χ1) is 7.31. The van der Waals surface area contributed by atoms with Crippen molar-refractivity contribution in [3.05, 3.63) is 0 Å². The topological polar surface area (TPSA) is 86.7 Å². The van der Waals surface area contributed by atoms with Gasteiger partial charge in [0.25, 0.3) is 0 Å². The van der Waals surface area contributed by atoms with E-state index in [9.17, 15) is 13.2 Å². The van der Waals surface area contributed by atoms with Gasteiger partial charge in [-0.3, -0.25) is 9.69 Å². The van der Waals surface area contributed by atoms with Gasteiger partial charge in [-0.1, -0.05) is 6.92 Å². The molecule has 1 aliphatic carbocycles. The third-order valence-corrected chi connectivity index (χ3v) is 3.52. The highest BCUT2D eigenvalue weighted by molar-refractivity contribution is 7.88. The molecule has 0 spiro atoms. The lowest BCUT2D eigenvalue weighted by molar-refractivity contribution is -0.139. The maximum absolute atomic E-state index is 10.9. The van der Waals surface area contributed by atoms with Gasteiger partial charge >= 0.3 is 5.97 Å². The van der Waals surface area contributed by atoms with E-state index in [0.717, 1.165) is 6.26 Å². The second-order valence-corrected chi connectivity index (χ2v) is 5.95. The lowest BCUT2D eigenvalue weighted by Gasteiger charge is -2.41. The molecule has 0 unspecified atom stereocenters. The summed E-state index contributed by atoms with van der Waals surface area (Å²) in [6.07, 6.45) is 2.51. The van der Waals surface area contributed by atoms with E-state index in [2.05, 4.69) is 4.72 Å². The van der Waals surface area contributed by atoms with E-state index in [1.807, 2.05) is 11.8 Å². The molecule has 0 aliphatic heterocycles. The van der Waals surface area contributed by atoms with Crippen LogP contribution in [0.5, 0.6) is 0 Å². The Bertz CT molecular complexity index is 349. The third-order valence-electron chi connectivity index (χ3n) is 2.75. The van der Waals surface area contributed by atoms with Crippen molar-refractivity contribution in [1.29, 1.82) is 0 Å². The van der Waals surface area contributed by atoms with Crippen LogP contribution >= 0.6 is 0 Å². The highest BCUT2D eigenvalue weighted by atomic mass is 32.2. The first-order valence-corrected chi connectivity index (χ1v) is 7.14. The normalized spacial score (nSPS) is 25.4. The van der Waals surface area contributed by atoms with Gasteiger partial charge in [0.05, 0.1) is 12.8 Å². The number of sulfonamides is 1. The van der Waals surface area contributed by atoms with Gasteiger partial charge in [0.2, 0.25) is 10.0 Å². The van der Waals surface area contributed by atoms with E-state index in [1.165, 1.54) is 0 Å². The predicted molar refractivity (Wildman–Crippen MR) is 59.7 cm³/mol. The Balaban J connectivity index is 2.36. The molecule has 0 saturated heterocycles. The van der Waals surface area contributed by atoms with Crippen LogP contribution in [0.15, 0.2) is 0 Å². The number of carbonyl (C=O) groups is 1. The van der Waals surface area contributed by atoms with Crippen LogP contribution in [-0.2, 0) is 14.8 Å². The van der Waals surface area contributed by atoms with Gasteiger partial charge in [-0.25, -0.2) is 13.1 Å². The molecule has 2 N–H and O–H groups in total. The third kappa shape index (κ3) is 4.07. The van der Waals surface area contributed by atoms with Crippen LogP contribution in [-0.4, -0.2) is 55.8 Å². The number of hydrogen-bond donors (Lipinski definition) is 2. The van der Waals surface area contributed by atoms with Crippen LogP contribution in [0.2, 0.25) is 0 Å². The number of hydrogen-bond acceptors (Lipinski definition) is 4. The van der Waals surface area contributed by atoms with Gasteiger partial charge < -0.3 is 5.11 Å². The van der Waals surface area contributed by atoms with E-state index >= 15 is 0 Å². The van der Waals surface area contributed by atoms with Crippen molar-refractivity contribution in [3.63, 3.8) is 0 Å². The van der Waals surface area contributed by atoms with Crippen LogP contribution in [0, 0.1) is 0 Å². The van der Waals surface area contributed by atoms with Crippen LogP contribution in [0.4, 0.5) is 0 Å². The molecular weight excluding hydrogens is 232 g/mol. The van der Waals surface area contributed by atoms with Gasteiger partial charge in [0.15, 0.2) is 0 Å². The Morgan fingerprint density at radius 1 is 1.50 bits per heavy atom.